The molecule has 0 saturated heterocycles. The molecular formula is C17H23NO. The molecule has 19 heavy (non-hydrogen) atoms. The number of benzene rings is 1. The highest BCUT2D eigenvalue weighted by atomic mass is 16.3. The third-order valence-corrected chi connectivity index (χ3v) is 3.47. The molecule has 2 heteroatoms. The van der Waals surface area contributed by atoms with Gasteiger partial charge in [0.15, 0.2) is 0 Å². The van der Waals surface area contributed by atoms with Crippen molar-refractivity contribution in [2.75, 3.05) is 6.54 Å². The summed E-state index contributed by atoms with van der Waals surface area (Å²) in [5.74, 6) is 0. The molecule has 1 aromatic carbocycles. The van der Waals surface area contributed by atoms with Gasteiger partial charge in [-0.3, -0.25) is 0 Å². The second kappa shape index (κ2) is 7.15. The number of aryl methyl sites for hydroxylation is 1. The van der Waals surface area contributed by atoms with E-state index in [1.807, 2.05) is 6.26 Å². The Labute approximate surface area is 115 Å². The van der Waals surface area contributed by atoms with Crippen molar-refractivity contribution in [3.63, 3.8) is 0 Å². The second-order valence-corrected chi connectivity index (χ2v) is 5.12. The van der Waals surface area contributed by atoms with Crippen molar-refractivity contribution >= 4 is 0 Å². The van der Waals surface area contributed by atoms with Crippen molar-refractivity contribution in [2.24, 2.45) is 0 Å². The standard InChI is InChI=1S/C17H23NO/c1-3-9-18-17(11-15-8-10-19-13-15)12-16-7-5-4-6-14(16)2/h4-8,10,13,17-18H,3,9,11-12H2,1-2H3. The molecule has 1 atom stereocenters. The van der Waals surface area contributed by atoms with Crippen LogP contribution >= 0.6 is 0 Å². The largest absolute Gasteiger partial charge is 0.472 e. The zero-order chi connectivity index (χ0) is 13.5. The molecule has 1 unspecified atom stereocenters. The third kappa shape index (κ3) is 4.25. The van der Waals surface area contributed by atoms with Gasteiger partial charge in [0.25, 0.3) is 0 Å². The normalized spacial score (nSPS) is 12.5. The van der Waals surface area contributed by atoms with Gasteiger partial charge in [-0.25, -0.2) is 0 Å². The van der Waals surface area contributed by atoms with E-state index in [1.54, 1.807) is 6.26 Å². The fourth-order valence-corrected chi connectivity index (χ4v) is 2.36. The average molecular weight is 257 g/mol. The maximum Gasteiger partial charge on any atom is 0.0935 e. The molecule has 0 aliphatic carbocycles. The monoisotopic (exact) mass is 257 g/mol. The van der Waals surface area contributed by atoms with Gasteiger partial charge < -0.3 is 9.73 Å². The van der Waals surface area contributed by atoms with Crippen LogP contribution in [0.2, 0.25) is 0 Å². The van der Waals surface area contributed by atoms with Crippen molar-refractivity contribution in [3.8, 4) is 0 Å². The smallest absolute Gasteiger partial charge is 0.0935 e. The fraction of sp³-hybridized carbons (Fsp3) is 0.412. The van der Waals surface area contributed by atoms with Crippen LogP contribution < -0.4 is 5.32 Å². The van der Waals surface area contributed by atoms with Gasteiger partial charge >= 0.3 is 0 Å². The Balaban J connectivity index is 2.03. The van der Waals surface area contributed by atoms with Gasteiger partial charge in [0.05, 0.1) is 12.5 Å². The summed E-state index contributed by atoms with van der Waals surface area (Å²) < 4.78 is 5.17. The van der Waals surface area contributed by atoms with Crippen LogP contribution in [0.1, 0.15) is 30.0 Å². The van der Waals surface area contributed by atoms with Gasteiger partial charge in [0, 0.05) is 6.04 Å². The molecule has 1 heterocycles. The lowest BCUT2D eigenvalue weighted by Gasteiger charge is -2.19. The lowest BCUT2D eigenvalue weighted by Crippen LogP contribution is -2.33. The van der Waals surface area contributed by atoms with E-state index in [4.69, 9.17) is 4.42 Å². The summed E-state index contributed by atoms with van der Waals surface area (Å²) in [6.45, 7) is 5.45. The Kier molecular flexibility index (Phi) is 5.22. The van der Waals surface area contributed by atoms with Crippen LogP contribution in [0.15, 0.2) is 47.3 Å². The number of rotatable bonds is 7. The predicted octanol–water partition coefficient (Wildman–Crippen LogP) is 3.74. The molecule has 0 aliphatic rings. The van der Waals surface area contributed by atoms with E-state index in [9.17, 15) is 0 Å². The highest BCUT2D eigenvalue weighted by Crippen LogP contribution is 2.13. The number of nitrogens with one attached hydrogen (secondary N) is 1. The molecule has 1 N–H and O–H groups in total. The summed E-state index contributed by atoms with van der Waals surface area (Å²) in [5.41, 5.74) is 4.07. The zero-order valence-electron chi connectivity index (χ0n) is 11.9. The molecule has 102 valence electrons. The summed E-state index contributed by atoms with van der Waals surface area (Å²) in [7, 11) is 0. The third-order valence-electron chi connectivity index (χ3n) is 3.47. The molecule has 0 radical (unpaired) electrons. The lowest BCUT2D eigenvalue weighted by atomic mass is 9.97. The fourth-order valence-electron chi connectivity index (χ4n) is 2.36. The van der Waals surface area contributed by atoms with Crippen LogP contribution in [0.5, 0.6) is 0 Å². The Hall–Kier alpha value is -1.54. The van der Waals surface area contributed by atoms with E-state index in [0.717, 1.165) is 25.8 Å². The molecular weight excluding hydrogens is 234 g/mol. The van der Waals surface area contributed by atoms with Gasteiger partial charge in [-0.1, -0.05) is 31.2 Å². The predicted molar refractivity (Wildman–Crippen MR) is 79.4 cm³/mol. The highest BCUT2D eigenvalue weighted by molar-refractivity contribution is 5.26. The maximum absolute atomic E-state index is 5.17. The van der Waals surface area contributed by atoms with Crippen LogP contribution in [0.25, 0.3) is 0 Å². The van der Waals surface area contributed by atoms with Crippen LogP contribution in [-0.4, -0.2) is 12.6 Å². The first-order valence-corrected chi connectivity index (χ1v) is 7.08. The number of hydrogen-bond donors (Lipinski definition) is 1. The van der Waals surface area contributed by atoms with Gasteiger partial charge in [-0.15, -0.1) is 0 Å². The Morgan fingerprint density at radius 1 is 1.16 bits per heavy atom. The molecule has 0 bridgehead atoms. The minimum absolute atomic E-state index is 0.471. The lowest BCUT2D eigenvalue weighted by molar-refractivity contribution is 0.499. The molecule has 0 spiro atoms. The molecule has 0 amide bonds. The molecule has 2 nitrogen and oxygen atoms in total. The van der Waals surface area contributed by atoms with E-state index >= 15 is 0 Å². The van der Waals surface area contributed by atoms with Crippen molar-refractivity contribution in [3.05, 3.63) is 59.5 Å². The summed E-state index contributed by atoms with van der Waals surface area (Å²) in [4.78, 5) is 0. The Morgan fingerprint density at radius 2 is 2.00 bits per heavy atom. The quantitative estimate of drug-likeness (QED) is 0.817. The molecule has 0 fully saturated rings. The van der Waals surface area contributed by atoms with E-state index in [2.05, 4.69) is 49.5 Å². The average Bonchev–Trinajstić information content (AvgIpc) is 2.91. The van der Waals surface area contributed by atoms with Crippen LogP contribution in [0.4, 0.5) is 0 Å². The molecule has 0 saturated carbocycles. The van der Waals surface area contributed by atoms with E-state index in [1.165, 1.54) is 16.7 Å². The minimum Gasteiger partial charge on any atom is -0.472 e. The minimum atomic E-state index is 0.471. The first kappa shape index (κ1) is 13.9. The maximum atomic E-state index is 5.17. The molecule has 1 aromatic heterocycles. The van der Waals surface area contributed by atoms with Gasteiger partial charge in [-0.2, -0.15) is 0 Å². The van der Waals surface area contributed by atoms with E-state index < -0.39 is 0 Å². The van der Waals surface area contributed by atoms with Crippen molar-refractivity contribution in [1.82, 2.24) is 5.32 Å². The summed E-state index contributed by atoms with van der Waals surface area (Å²) >= 11 is 0. The number of hydrogen-bond acceptors (Lipinski definition) is 2. The molecule has 0 aliphatic heterocycles. The van der Waals surface area contributed by atoms with Gasteiger partial charge in [-0.05, 0) is 55.5 Å². The topological polar surface area (TPSA) is 25.2 Å². The van der Waals surface area contributed by atoms with Crippen molar-refractivity contribution in [2.45, 2.75) is 39.2 Å². The first-order valence-electron chi connectivity index (χ1n) is 7.08. The summed E-state index contributed by atoms with van der Waals surface area (Å²) in [6.07, 6.45) is 6.84. The summed E-state index contributed by atoms with van der Waals surface area (Å²) in [6, 6.07) is 11.2. The summed E-state index contributed by atoms with van der Waals surface area (Å²) in [5, 5.41) is 3.64. The van der Waals surface area contributed by atoms with Crippen LogP contribution in [-0.2, 0) is 12.8 Å². The van der Waals surface area contributed by atoms with E-state index in [0.29, 0.717) is 6.04 Å². The second-order valence-electron chi connectivity index (χ2n) is 5.12. The zero-order valence-corrected chi connectivity index (χ0v) is 11.9. The highest BCUT2D eigenvalue weighted by Gasteiger charge is 2.11. The Morgan fingerprint density at radius 3 is 2.68 bits per heavy atom. The molecule has 2 aromatic rings. The number of furan rings is 1. The van der Waals surface area contributed by atoms with E-state index in [-0.39, 0.29) is 0 Å². The van der Waals surface area contributed by atoms with Crippen LogP contribution in [0, 0.1) is 6.92 Å². The van der Waals surface area contributed by atoms with Crippen molar-refractivity contribution < 1.29 is 4.42 Å². The first-order chi connectivity index (χ1) is 9.29. The van der Waals surface area contributed by atoms with Crippen molar-refractivity contribution in [1.29, 1.82) is 0 Å². The Bertz CT molecular complexity index is 476. The van der Waals surface area contributed by atoms with Gasteiger partial charge in [0.1, 0.15) is 0 Å². The SMILES string of the molecule is CCCNC(Cc1ccoc1)Cc1ccccc1C. The van der Waals surface area contributed by atoms with Crippen LogP contribution in [0.3, 0.4) is 0 Å². The van der Waals surface area contributed by atoms with Gasteiger partial charge in [0.2, 0.25) is 0 Å². The molecule has 2 rings (SSSR count).